The zero-order chi connectivity index (χ0) is 19.5. The molecule has 2 aromatic rings. The zero-order valence-electron chi connectivity index (χ0n) is 15.0. The number of rotatable bonds is 10. The highest BCUT2D eigenvalue weighted by Crippen LogP contribution is 2.17. The molecule has 1 amide bonds. The maximum atomic E-state index is 12.4. The zero-order valence-corrected chi connectivity index (χ0v) is 17.4. The number of thioether (sulfide) groups is 1. The molecule has 0 spiro atoms. The molecule has 0 aliphatic rings. The van der Waals surface area contributed by atoms with Crippen molar-refractivity contribution in [3.8, 4) is 5.75 Å². The normalized spacial score (nSPS) is 11.5. The lowest BCUT2D eigenvalue weighted by molar-refractivity contribution is -0.146. The molecular formula is C20H22BrNO4S. The molecular weight excluding hydrogens is 430 g/mol. The van der Waals surface area contributed by atoms with Crippen LogP contribution in [-0.2, 0) is 9.53 Å². The number of carbonyl (C=O) groups excluding carboxylic acids is 2. The molecule has 0 radical (unpaired) electrons. The predicted octanol–water partition coefficient (Wildman–Crippen LogP) is 3.92. The first-order valence-corrected chi connectivity index (χ1v) is 10.7. The van der Waals surface area contributed by atoms with E-state index in [1.54, 1.807) is 36.0 Å². The lowest BCUT2D eigenvalue weighted by atomic mass is 10.1. The third kappa shape index (κ3) is 7.64. The average molecular weight is 452 g/mol. The molecule has 0 heterocycles. The van der Waals surface area contributed by atoms with Crippen LogP contribution >= 0.6 is 27.7 Å². The molecule has 1 unspecified atom stereocenters. The number of ether oxygens (including phenoxy) is 2. The van der Waals surface area contributed by atoms with Crippen molar-refractivity contribution in [2.24, 2.45) is 0 Å². The minimum Gasteiger partial charge on any atom is -0.490 e. The number of hydrogen-bond acceptors (Lipinski definition) is 5. The SMILES string of the molecule is CSCCC(NC(=O)c1ccccc1)C(=O)OCCOc1cccc(Br)c1. The van der Waals surface area contributed by atoms with Crippen molar-refractivity contribution >= 4 is 39.6 Å². The summed E-state index contributed by atoms with van der Waals surface area (Å²) >= 11 is 4.98. The lowest BCUT2D eigenvalue weighted by Crippen LogP contribution is -2.42. The Morgan fingerprint density at radius 1 is 1.11 bits per heavy atom. The van der Waals surface area contributed by atoms with Gasteiger partial charge in [0.1, 0.15) is 25.0 Å². The van der Waals surface area contributed by atoms with Crippen LogP contribution in [0.3, 0.4) is 0 Å². The molecule has 27 heavy (non-hydrogen) atoms. The maximum Gasteiger partial charge on any atom is 0.328 e. The number of nitrogens with one attached hydrogen (secondary N) is 1. The fraction of sp³-hybridized carbons (Fsp3) is 0.300. The van der Waals surface area contributed by atoms with Gasteiger partial charge in [-0.05, 0) is 48.8 Å². The van der Waals surface area contributed by atoms with Crippen LogP contribution in [0.15, 0.2) is 59.1 Å². The predicted molar refractivity (Wildman–Crippen MR) is 111 cm³/mol. The van der Waals surface area contributed by atoms with Crippen LogP contribution in [0, 0.1) is 0 Å². The molecule has 0 saturated heterocycles. The summed E-state index contributed by atoms with van der Waals surface area (Å²) in [5.74, 6) is 0.690. The fourth-order valence-corrected chi connectivity index (χ4v) is 3.12. The van der Waals surface area contributed by atoms with E-state index in [1.165, 1.54) is 0 Å². The summed E-state index contributed by atoms with van der Waals surface area (Å²) in [7, 11) is 0. The summed E-state index contributed by atoms with van der Waals surface area (Å²) in [4.78, 5) is 24.7. The van der Waals surface area contributed by atoms with Crippen molar-refractivity contribution in [1.29, 1.82) is 0 Å². The summed E-state index contributed by atoms with van der Waals surface area (Å²) in [6.45, 7) is 0.354. The van der Waals surface area contributed by atoms with Crippen LogP contribution in [0.25, 0.3) is 0 Å². The Balaban J connectivity index is 1.83. The van der Waals surface area contributed by atoms with Crippen LogP contribution in [0.4, 0.5) is 0 Å². The smallest absolute Gasteiger partial charge is 0.328 e. The minimum absolute atomic E-state index is 0.113. The van der Waals surface area contributed by atoms with Gasteiger partial charge in [0, 0.05) is 10.0 Å². The number of amides is 1. The minimum atomic E-state index is -0.684. The number of carbonyl (C=O) groups is 2. The van der Waals surface area contributed by atoms with E-state index >= 15 is 0 Å². The highest BCUT2D eigenvalue weighted by molar-refractivity contribution is 9.10. The molecule has 0 aliphatic heterocycles. The number of benzene rings is 2. The van der Waals surface area contributed by atoms with Crippen molar-refractivity contribution in [2.45, 2.75) is 12.5 Å². The van der Waals surface area contributed by atoms with E-state index in [1.807, 2.05) is 36.6 Å². The maximum absolute atomic E-state index is 12.4. The molecule has 0 saturated carbocycles. The van der Waals surface area contributed by atoms with Gasteiger partial charge < -0.3 is 14.8 Å². The van der Waals surface area contributed by atoms with Gasteiger partial charge in [0.25, 0.3) is 5.91 Å². The van der Waals surface area contributed by atoms with Crippen LogP contribution in [0.5, 0.6) is 5.75 Å². The lowest BCUT2D eigenvalue weighted by Gasteiger charge is -2.17. The van der Waals surface area contributed by atoms with Crippen molar-refractivity contribution in [1.82, 2.24) is 5.32 Å². The summed E-state index contributed by atoms with van der Waals surface area (Å²) in [6, 6.07) is 15.6. The number of halogens is 1. The van der Waals surface area contributed by atoms with Crippen molar-refractivity contribution in [2.75, 3.05) is 25.2 Å². The van der Waals surface area contributed by atoms with Gasteiger partial charge in [0.2, 0.25) is 0 Å². The van der Waals surface area contributed by atoms with Crippen LogP contribution in [0.2, 0.25) is 0 Å². The number of esters is 1. The van der Waals surface area contributed by atoms with E-state index in [9.17, 15) is 9.59 Å². The molecule has 5 nitrogen and oxygen atoms in total. The van der Waals surface area contributed by atoms with Crippen LogP contribution < -0.4 is 10.1 Å². The second-order valence-corrected chi connectivity index (χ2v) is 7.55. The highest BCUT2D eigenvalue weighted by atomic mass is 79.9. The van der Waals surface area contributed by atoms with E-state index in [-0.39, 0.29) is 19.1 Å². The quantitative estimate of drug-likeness (QED) is 0.437. The van der Waals surface area contributed by atoms with Gasteiger partial charge in [0.15, 0.2) is 0 Å². The van der Waals surface area contributed by atoms with Gasteiger partial charge in [0.05, 0.1) is 0 Å². The summed E-state index contributed by atoms with van der Waals surface area (Å²) < 4.78 is 11.8. The van der Waals surface area contributed by atoms with Gasteiger partial charge >= 0.3 is 5.97 Å². The molecule has 2 aromatic carbocycles. The molecule has 144 valence electrons. The van der Waals surface area contributed by atoms with E-state index in [0.717, 1.165) is 10.2 Å². The van der Waals surface area contributed by atoms with E-state index in [4.69, 9.17) is 9.47 Å². The van der Waals surface area contributed by atoms with Crippen molar-refractivity contribution in [3.05, 3.63) is 64.6 Å². The van der Waals surface area contributed by atoms with Crippen molar-refractivity contribution < 1.29 is 19.1 Å². The average Bonchev–Trinajstić information content (AvgIpc) is 2.69. The van der Waals surface area contributed by atoms with Crippen LogP contribution in [0.1, 0.15) is 16.8 Å². The summed E-state index contributed by atoms with van der Waals surface area (Å²) in [5.41, 5.74) is 0.512. The highest BCUT2D eigenvalue weighted by Gasteiger charge is 2.22. The Hall–Kier alpha value is -1.99. The molecule has 0 bridgehead atoms. The summed E-state index contributed by atoms with van der Waals surface area (Å²) in [5, 5.41) is 2.76. The molecule has 0 aliphatic carbocycles. The molecule has 7 heteroatoms. The molecule has 0 fully saturated rings. The fourth-order valence-electron chi connectivity index (χ4n) is 2.27. The van der Waals surface area contributed by atoms with E-state index < -0.39 is 12.0 Å². The second kappa shape index (κ2) is 11.7. The first-order chi connectivity index (χ1) is 13.1. The third-order valence-electron chi connectivity index (χ3n) is 3.63. The molecule has 0 aromatic heterocycles. The topological polar surface area (TPSA) is 64.6 Å². The summed E-state index contributed by atoms with van der Waals surface area (Å²) in [6.07, 6.45) is 2.46. The Morgan fingerprint density at radius 3 is 2.59 bits per heavy atom. The molecule has 1 atom stereocenters. The van der Waals surface area contributed by atoms with E-state index in [0.29, 0.717) is 17.7 Å². The number of hydrogen-bond donors (Lipinski definition) is 1. The Labute approximate surface area is 171 Å². The van der Waals surface area contributed by atoms with E-state index in [2.05, 4.69) is 21.2 Å². The Bertz CT molecular complexity index is 742. The largest absolute Gasteiger partial charge is 0.490 e. The standard InChI is InChI=1S/C20H22BrNO4S/c1-27-13-10-18(22-19(23)15-6-3-2-4-7-15)20(24)26-12-11-25-17-9-5-8-16(21)14-17/h2-9,14,18H,10-13H2,1H3,(H,22,23). The Morgan fingerprint density at radius 2 is 1.89 bits per heavy atom. The molecule has 2 rings (SSSR count). The van der Waals surface area contributed by atoms with Crippen molar-refractivity contribution in [3.63, 3.8) is 0 Å². The van der Waals surface area contributed by atoms with Crippen LogP contribution in [-0.4, -0.2) is 43.1 Å². The van der Waals surface area contributed by atoms with Gasteiger partial charge in [-0.2, -0.15) is 11.8 Å². The third-order valence-corrected chi connectivity index (χ3v) is 4.77. The second-order valence-electron chi connectivity index (χ2n) is 5.65. The van der Waals surface area contributed by atoms with Gasteiger partial charge in [-0.1, -0.05) is 40.2 Å². The first-order valence-electron chi connectivity index (χ1n) is 8.50. The Kier molecular flexibility index (Phi) is 9.21. The van der Waals surface area contributed by atoms with Gasteiger partial charge in [-0.3, -0.25) is 4.79 Å². The first kappa shape index (κ1) is 21.3. The van der Waals surface area contributed by atoms with Gasteiger partial charge in [-0.15, -0.1) is 0 Å². The monoisotopic (exact) mass is 451 g/mol. The van der Waals surface area contributed by atoms with Gasteiger partial charge in [-0.25, -0.2) is 4.79 Å². The molecule has 1 N–H and O–H groups in total.